The molecule has 0 saturated heterocycles. The van der Waals surface area contributed by atoms with Crippen molar-refractivity contribution < 1.29 is 13.6 Å². The summed E-state index contributed by atoms with van der Waals surface area (Å²) in [7, 11) is 0. The summed E-state index contributed by atoms with van der Waals surface area (Å²) in [5.74, 6) is -0.296. The molecule has 3 saturated carbocycles. The number of hydrogen-bond acceptors (Lipinski definition) is 4. The number of hydrazone groups is 1. The number of fused-ring (bicyclic) bond motifs is 3. The number of aromatic nitrogens is 2. The van der Waals surface area contributed by atoms with Crippen LogP contribution in [0.1, 0.15) is 42.9 Å². The van der Waals surface area contributed by atoms with Crippen molar-refractivity contribution in [1.82, 2.24) is 14.6 Å². The summed E-state index contributed by atoms with van der Waals surface area (Å²) in [4.78, 5) is 18.1. The van der Waals surface area contributed by atoms with Crippen molar-refractivity contribution in [3.05, 3.63) is 65.5 Å². The van der Waals surface area contributed by atoms with Crippen LogP contribution < -0.4 is 0 Å². The third-order valence-corrected chi connectivity index (χ3v) is 7.83. The standard InChI is InChI=1S/C26H23F2N5O/c27-20-8-18(9-21(28)11-20)24-3-4-31-33(24)26(34)22-10-19(16-6-17(22)7-16)13-32-14-30-23-2-1-15(12-29)5-25(23)32/h1-2,4-5,8-9,11,14,16-17,19,22,24H,3,6-7,10,13H2. The molecule has 4 aliphatic rings. The fourth-order valence-electron chi connectivity index (χ4n) is 6.02. The molecule has 3 aliphatic carbocycles. The molecular weight excluding hydrogens is 436 g/mol. The number of rotatable bonds is 4. The Morgan fingerprint density at radius 2 is 1.88 bits per heavy atom. The van der Waals surface area contributed by atoms with E-state index in [1.54, 1.807) is 12.3 Å². The van der Waals surface area contributed by atoms with E-state index >= 15 is 0 Å². The minimum atomic E-state index is -0.652. The molecule has 0 N–H and O–H groups in total. The first-order chi connectivity index (χ1) is 16.5. The molecule has 6 nitrogen and oxygen atoms in total. The maximum atomic E-state index is 13.8. The number of carbonyl (C=O) groups is 1. The van der Waals surface area contributed by atoms with Gasteiger partial charge in [-0.15, -0.1) is 0 Å². The monoisotopic (exact) mass is 459 g/mol. The van der Waals surface area contributed by atoms with Crippen molar-refractivity contribution in [3.8, 4) is 6.07 Å². The van der Waals surface area contributed by atoms with Gasteiger partial charge in [0, 0.05) is 31.2 Å². The van der Waals surface area contributed by atoms with Crippen molar-refractivity contribution >= 4 is 23.2 Å². The Bertz CT molecular complexity index is 1330. The Morgan fingerprint density at radius 3 is 2.65 bits per heavy atom. The maximum absolute atomic E-state index is 13.8. The Labute approximate surface area is 195 Å². The lowest BCUT2D eigenvalue weighted by atomic mass is 9.55. The third kappa shape index (κ3) is 3.47. The second-order valence-corrected chi connectivity index (χ2v) is 9.74. The summed E-state index contributed by atoms with van der Waals surface area (Å²) >= 11 is 0. The van der Waals surface area contributed by atoms with Crippen LogP contribution in [0.3, 0.4) is 0 Å². The molecule has 0 radical (unpaired) electrons. The highest BCUT2D eigenvalue weighted by Gasteiger charge is 2.50. The summed E-state index contributed by atoms with van der Waals surface area (Å²) in [5, 5.41) is 15.0. The van der Waals surface area contributed by atoms with Crippen LogP contribution in [0.5, 0.6) is 0 Å². The predicted octanol–water partition coefficient (Wildman–Crippen LogP) is 4.81. The van der Waals surface area contributed by atoms with Gasteiger partial charge in [-0.05, 0) is 72.9 Å². The highest BCUT2D eigenvalue weighted by Crippen LogP contribution is 2.53. The van der Waals surface area contributed by atoms with E-state index in [1.165, 1.54) is 17.1 Å². The van der Waals surface area contributed by atoms with Crippen molar-refractivity contribution in [2.45, 2.75) is 38.3 Å². The van der Waals surface area contributed by atoms with E-state index in [0.29, 0.717) is 35.3 Å². The van der Waals surface area contributed by atoms with Gasteiger partial charge in [-0.1, -0.05) is 0 Å². The van der Waals surface area contributed by atoms with E-state index in [0.717, 1.165) is 42.9 Å². The van der Waals surface area contributed by atoms with Crippen LogP contribution >= 0.6 is 0 Å². The first kappa shape index (κ1) is 21.0. The van der Waals surface area contributed by atoms with Gasteiger partial charge in [-0.2, -0.15) is 10.4 Å². The minimum absolute atomic E-state index is 0.0566. The van der Waals surface area contributed by atoms with Gasteiger partial charge in [-0.3, -0.25) is 4.79 Å². The summed E-state index contributed by atoms with van der Waals surface area (Å²) < 4.78 is 29.7. The Balaban J connectivity index is 1.22. The number of benzene rings is 2. The van der Waals surface area contributed by atoms with E-state index in [2.05, 4.69) is 20.7 Å². The first-order valence-electron chi connectivity index (χ1n) is 11.7. The number of halogens is 2. The topological polar surface area (TPSA) is 74.3 Å². The van der Waals surface area contributed by atoms with Gasteiger partial charge >= 0.3 is 0 Å². The molecule has 8 heteroatoms. The Kier molecular flexibility index (Phi) is 4.94. The minimum Gasteiger partial charge on any atom is -0.330 e. The molecule has 3 atom stereocenters. The molecule has 3 aromatic rings. The highest BCUT2D eigenvalue weighted by atomic mass is 19.1. The first-order valence-corrected chi connectivity index (χ1v) is 11.7. The van der Waals surface area contributed by atoms with Crippen LogP contribution in [0.25, 0.3) is 11.0 Å². The number of nitrogens with zero attached hydrogens (tertiary/aromatic N) is 5. The molecule has 2 bridgehead atoms. The second-order valence-electron chi connectivity index (χ2n) is 9.74. The SMILES string of the molecule is N#Cc1ccc2ncn(CC3CC(C(=O)N4N=CCC4c4cc(F)cc(F)c4)C4CC3C4)c2c1. The molecular formula is C26H23F2N5O. The molecule has 3 unspecified atom stereocenters. The molecule has 172 valence electrons. The number of amides is 1. The van der Waals surface area contributed by atoms with Gasteiger partial charge in [0.2, 0.25) is 5.91 Å². The van der Waals surface area contributed by atoms with Gasteiger partial charge in [-0.25, -0.2) is 18.8 Å². The largest absolute Gasteiger partial charge is 0.330 e. The van der Waals surface area contributed by atoms with Crippen molar-refractivity contribution in [1.29, 1.82) is 5.26 Å². The second kappa shape index (κ2) is 8.01. The lowest BCUT2D eigenvalue weighted by Gasteiger charge is -2.51. The van der Waals surface area contributed by atoms with E-state index in [1.807, 2.05) is 18.5 Å². The van der Waals surface area contributed by atoms with Crippen LogP contribution in [0.2, 0.25) is 0 Å². The van der Waals surface area contributed by atoms with Crippen molar-refractivity contribution in [2.75, 3.05) is 0 Å². The van der Waals surface area contributed by atoms with Crippen LogP contribution in [0.4, 0.5) is 8.78 Å². The molecule has 0 spiro atoms. The number of imidazole rings is 1. The normalized spacial score (nSPS) is 27.6. The van der Waals surface area contributed by atoms with Gasteiger partial charge < -0.3 is 4.57 Å². The lowest BCUT2D eigenvalue weighted by molar-refractivity contribution is -0.147. The molecule has 7 rings (SSSR count). The predicted molar refractivity (Wildman–Crippen MR) is 121 cm³/mol. The molecule has 1 aromatic heterocycles. The van der Waals surface area contributed by atoms with E-state index < -0.39 is 17.7 Å². The van der Waals surface area contributed by atoms with Gasteiger partial charge in [0.15, 0.2) is 0 Å². The zero-order valence-corrected chi connectivity index (χ0v) is 18.4. The summed E-state index contributed by atoms with van der Waals surface area (Å²) in [6.45, 7) is 0.744. The van der Waals surface area contributed by atoms with Crippen LogP contribution in [0.15, 0.2) is 47.8 Å². The van der Waals surface area contributed by atoms with Crippen LogP contribution in [-0.4, -0.2) is 26.7 Å². The van der Waals surface area contributed by atoms with E-state index in [9.17, 15) is 18.8 Å². The fourth-order valence-corrected chi connectivity index (χ4v) is 6.02. The number of nitriles is 1. The summed E-state index contributed by atoms with van der Waals surface area (Å²) in [6, 6.07) is 10.6. The Morgan fingerprint density at radius 1 is 1.09 bits per heavy atom. The van der Waals surface area contributed by atoms with Crippen molar-refractivity contribution in [2.24, 2.45) is 28.8 Å². The highest BCUT2D eigenvalue weighted by molar-refractivity contribution is 5.82. The lowest BCUT2D eigenvalue weighted by Crippen LogP contribution is -2.49. The zero-order valence-electron chi connectivity index (χ0n) is 18.4. The summed E-state index contributed by atoms with van der Waals surface area (Å²) in [6.07, 6.45) is 6.68. The summed E-state index contributed by atoms with van der Waals surface area (Å²) in [5.41, 5.74) is 2.81. The third-order valence-electron chi connectivity index (χ3n) is 7.83. The average molecular weight is 460 g/mol. The molecule has 1 aliphatic heterocycles. The van der Waals surface area contributed by atoms with Gasteiger partial charge in [0.1, 0.15) is 11.6 Å². The molecule has 2 aromatic carbocycles. The zero-order chi connectivity index (χ0) is 23.4. The Hall–Kier alpha value is -3.60. The molecule has 1 amide bonds. The van der Waals surface area contributed by atoms with Crippen LogP contribution in [0, 0.1) is 46.6 Å². The van der Waals surface area contributed by atoms with E-state index in [-0.39, 0.29) is 11.8 Å². The maximum Gasteiger partial charge on any atom is 0.246 e. The van der Waals surface area contributed by atoms with Crippen molar-refractivity contribution in [3.63, 3.8) is 0 Å². The number of carbonyl (C=O) groups excluding carboxylic acids is 1. The quantitative estimate of drug-likeness (QED) is 0.562. The molecule has 34 heavy (non-hydrogen) atoms. The smallest absolute Gasteiger partial charge is 0.246 e. The molecule has 2 heterocycles. The average Bonchev–Trinajstić information content (AvgIpc) is 3.44. The van der Waals surface area contributed by atoms with Gasteiger partial charge in [0.25, 0.3) is 0 Å². The van der Waals surface area contributed by atoms with E-state index in [4.69, 9.17) is 0 Å². The van der Waals surface area contributed by atoms with Crippen LogP contribution in [-0.2, 0) is 11.3 Å². The van der Waals surface area contributed by atoms with Gasteiger partial charge in [0.05, 0.1) is 35.0 Å². The fraction of sp³-hybridized carbons (Fsp3) is 0.385. The molecule has 3 fully saturated rings. The number of hydrogen-bond donors (Lipinski definition) is 0.